The highest BCUT2D eigenvalue weighted by atomic mass is 16.5. The van der Waals surface area contributed by atoms with Crippen LogP contribution < -0.4 is 0 Å². The van der Waals surface area contributed by atoms with Crippen molar-refractivity contribution in [3.05, 3.63) is 28.8 Å². The first-order valence-corrected chi connectivity index (χ1v) is 4.89. The van der Waals surface area contributed by atoms with Gasteiger partial charge >= 0.3 is 5.97 Å². The number of carbonyl (C=O) groups excluding carboxylic acids is 1. The van der Waals surface area contributed by atoms with Crippen LogP contribution in [0.2, 0.25) is 0 Å². The molecule has 15 heavy (non-hydrogen) atoms. The van der Waals surface area contributed by atoms with Gasteiger partial charge in [-0.05, 0) is 24.0 Å². The van der Waals surface area contributed by atoms with Gasteiger partial charge in [-0.15, -0.1) is 0 Å². The zero-order valence-electron chi connectivity index (χ0n) is 9.50. The van der Waals surface area contributed by atoms with Gasteiger partial charge in [0, 0.05) is 0 Å². The highest BCUT2D eigenvalue weighted by molar-refractivity contribution is 5.94. The van der Waals surface area contributed by atoms with Crippen molar-refractivity contribution in [2.75, 3.05) is 7.11 Å². The summed E-state index contributed by atoms with van der Waals surface area (Å²) in [7, 11) is 1.31. The van der Waals surface area contributed by atoms with E-state index in [0.717, 1.165) is 5.56 Å². The van der Waals surface area contributed by atoms with Crippen molar-refractivity contribution < 1.29 is 14.6 Å². The molecule has 0 unspecified atom stereocenters. The van der Waals surface area contributed by atoms with Gasteiger partial charge < -0.3 is 9.84 Å². The maximum Gasteiger partial charge on any atom is 0.341 e. The normalized spacial score (nSPS) is 10.5. The van der Waals surface area contributed by atoms with Gasteiger partial charge in [0.1, 0.15) is 11.3 Å². The summed E-state index contributed by atoms with van der Waals surface area (Å²) >= 11 is 0. The number of carbonyl (C=O) groups is 1. The Labute approximate surface area is 89.7 Å². The maximum atomic E-state index is 11.5. The van der Waals surface area contributed by atoms with E-state index in [1.807, 2.05) is 19.9 Å². The van der Waals surface area contributed by atoms with Crippen LogP contribution in [0.25, 0.3) is 0 Å². The van der Waals surface area contributed by atoms with Crippen molar-refractivity contribution in [3.63, 3.8) is 0 Å². The number of phenols is 1. The van der Waals surface area contributed by atoms with Gasteiger partial charge in [-0.1, -0.05) is 26.0 Å². The average Bonchev–Trinajstić information content (AvgIpc) is 2.20. The van der Waals surface area contributed by atoms with Gasteiger partial charge in [0.05, 0.1) is 7.11 Å². The Morgan fingerprint density at radius 3 is 2.47 bits per heavy atom. The Hall–Kier alpha value is -1.51. The van der Waals surface area contributed by atoms with E-state index >= 15 is 0 Å². The maximum absolute atomic E-state index is 11.5. The lowest BCUT2D eigenvalue weighted by Gasteiger charge is -2.14. The molecule has 0 saturated heterocycles. The number of aryl methyl sites for hydroxylation is 1. The molecule has 1 N–H and O–H groups in total. The molecule has 0 radical (unpaired) electrons. The summed E-state index contributed by atoms with van der Waals surface area (Å²) in [6, 6.07) is 3.66. The highest BCUT2D eigenvalue weighted by Gasteiger charge is 2.20. The van der Waals surface area contributed by atoms with Crippen molar-refractivity contribution in [2.24, 2.45) is 0 Å². The molecular weight excluding hydrogens is 192 g/mol. The quantitative estimate of drug-likeness (QED) is 0.760. The van der Waals surface area contributed by atoms with Gasteiger partial charge in [0.15, 0.2) is 0 Å². The second-order valence-corrected chi connectivity index (χ2v) is 3.84. The van der Waals surface area contributed by atoms with E-state index in [4.69, 9.17) is 0 Å². The van der Waals surface area contributed by atoms with E-state index in [2.05, 4.69) is 4.74 Å². The van der Waals surface area contributed by atoms with Gasteiger partial charge in [0.25, 0.3) is 0 Å². The minimum atomic E-state index is -0.486. The van der Waals surface area contributed by atoms with E-state index in [1.54, 1.807) is 13.0 Å². The van der Waals surface area contributed by atoms with Crippen LogP contribution >= 0.6 is 0 Å². The summed E-state index contributed by atoms with van der Waals surface area (Å²) in [6.07, 6.45) is 0. The Balaban J connectivity index is 3.41. The number of hydrogen-bond donors (Lipinski definition) is 1. The Kier molecular flexibility index (Phi) is 3.35. The first kappa shape index (κ1) is 11.6. The lowest BCUT2D eigenvalue weighted by molar-refractivity contribution is 0.0595. The third kappa shape index (κ3) is 2.12. The largest absolute Gasteiger partial charge is 0.507 e. The van der Waals surface area contributed by atoms with E-state index in [9.17, 15) is 9.90 Å². The fraction of sp³-hybridized carbons (Fsp3) is 0.417. The standard InChI is InChI=1S/C12H16O3/c1-7(2)9-6-5-8(3)11(13)10(9)12(14)15-4/h5-7,13H,1-4H3. The molecule has 1 aromatic carbocycles. The van der Waals surface area contributed by atoms with Crippen LogP contribution in [-0.4, -0.2) is 18.2 Å². The molecule has 0 amide bonds. The van der Waals surface area contributed by atoms with E-state index in [-0.39, 0.29) is 17.2 Å². The molecular formula is C12H16O3. The first-order valence-electron chi connectivity index (χ1n) is 4.89. The summed E-state index contributed by atoms with van der Waals surface area (Å²) in [6.45, 7) is 5.69. The van der Waals surface area contributed by atoms with Crippen LogP contribution in [0.15, 0.2) is 12.1 Å². The van der Waals surface area contributed by atoms with Crippen LogP contribution in [0, 0.1) is 6.92 Å². The number of rotatable bonds is 2. The van der Waals surface area contributed by atoms with Gasteiger partial charge in [-0.25, -0.2) is 4.79 Å². The number of phenolic OH excluding ortho intramolecular Hbond substituents is 1. The second kappa shape index (κ2) is 4.34. The lowest BCUT2D eigenvalue weighted by atomic mass is 9.94. The van der Waals surface area contributed by atoms with Gasteiger partial charge in [-0.3, -0.25) is 0 Å². The first-order chi connectivity index (χ1) is 6.99. The molecule has 0 aliphatic heterocycles. The summed E-state index contributed by atoms with van der Waals surface area (Å²) in [5, 5.41) is 9.83. The minimum absolute atomic E-state index is 0.0213. The van der Waals surface area contributed by atoms with Crippen LogP contribution in [0.1, 0.15) is 41.3 Å². The van der Waals surface area contributed by atoms with Crippen molar-refractivity contribution in [1.82, 2.24) is 0 Å². The number of aromatic hydroxyl groups is 1. The van der Waals surface area contributed by atoms with E-state index < -0.39 is 5.97 Å². The van der Waals surface area contributed by atoms with Crippen LogP contribution in [-0.2, 0) is 4.74 Å². The third-order valence-corrected chi connectivity index (χ3v) is 2.42. The highest BCUT2D eigenvalue weighted by Crippen LogP contribution is 2.30. The summed E-state index contributed by atoms with van der Waals surface area (Å²) in [4.78, 5) is 11.5. The van der Waals surface area contributed by atoms with Crippen LogP contribution in [0.4, 0.5) is 0 Å². The van der Waals surface area contributed by atoms with Gasteiger partial charge in [-0.2, -0.15) is 0 Å². The van der Waals surface area contributed by atoms with Crippen molar-refractivity contribution in [3.8, 4) is 5.75 Å². The monoisotopic (exact) mass is 208 g/mol. The molecule has 0 saturated carbocycles. The van der Waals surface area contributed by atoms with Crippen molar-refractivity contribution >= 4 is 5.97 Å². The number of hydrogen-bond acceptors (Lipinski definition) is 3. The van der Waals surface area contributed by atoms with E-state index in [0.29, 0.717) is 5.56 Å². The topological polar surface area (TPSA) is 46.5 Å². The Morgan fingerprint density at radius 1 is 1.40 bits per heavy atom. The molecule has 3 heteroatoms. The third-order valence-electron chi connectivity index (χ3n) is 2.42. The number of esters is 1. The number of benzene rings is 1. The molecule has 0 aromatic heterocycles. The summed E-state index contributed by atoms with van der Waals surface area (Å²) < 4.78 is 4.66. The summed E-state index contributed by atoms with van der Waals surface area (Å²) in [5.74, 6) is -0.293. The molecule has 1 rings (SSSR count). The predicted octanol–water partition coefficient (Wildman–Crippen LogP) is 2.61. The average molecular weight is 208 g/mol. The van der Waals surface area contributed by atoms with Crippen molar-refractivity contribution in [2.45, 2.75) is 26.7 Å². The smallest absolute Gasteiger partial charge is 0.341 e. The van der Waals surface area contributed by atoms with E-state index in [1.165, 1.54) is 7.11 Å². The van der Waals surface area contributed by atoms with Gasteiger partial charge in [0.2, 0.25) is 0 Å². The summed E-state index contributed by atoms with van der Waals surface area (Å²) in [5.41, 5.74) is 1.78. The Bertz CT molecular complexity index is 381. The SMILES string of the molecule is COC(=O)c1c(C(C)C)ccc(C)c1O. The lowest BCUT2D eigenvalue weighted by Crippen LogP contribution is -2.08. The number of ether oxygens (including phenoxy) is 1. The zero-order valence-corrected chi connectivity index (χ0v) is 9.50. The van der Waals surface area contributed by atoms with Crippen molar-refractivity contribution in [1.29, 1.82) is 0 Å². The molecule has 3 nitrogen and oxygen atoms in total. The molecule has 0 atom stereocenters. The van der Waals surface area contributed by atoms with Crippen LogP contribution in [0.3, 0.4) is 0 Å². The molecule has 0 spiro atoms. The molecule has 0 heterocycles. The second-order valence-electron chi connectivity index (χ2n) is 3.84. The fourth-order valence-electron chi connectivity index (χ4n) is 1.51. The minimum Gasteiger partial charge on any atom is -0.507 e. The molecule has 0 aliphatic carbocycles. The molecule has 0 aliphatic rings. The Morgan fingerprint density at radius 2 is 2.00 bits per heavy atom. The molecule has 0 fully saturated rings. The molecule has 1 aromatic rings. The molecule has 0 bridgehead atoms. The zero-order chi connectivity index (χ0) is 11.6. The number of methoxy groups -OCH3 is 1. The predicted molar refractivity (Wildman–Crippen MR) is 58.3 cm³/mol. The fourth-order valence-corrected chi connectivity index (χ4v) is 1.51. The van der Waals surface area contributed by atoms with Crippen LogP contribution in [0.5, 0.6) is 5.75 Å². The molecule has 82 valence electrons.